The van der Waals surface area contributed by atoms with Crippen molar-refractivity contribution in [2.75, 3.05) is 14.2 Å². The lowest BCUT2D eigenvalue weighted by Crippen LogP contribution is -2.20. The van der Waals surface area contributed by atoms with Crippen LogP contribution in [0.25, 0.3) is 0 Å². The first-order valence-electron chi connectivity index (χ1n) is 8.35. The summed E-state index contributed by atoms with van der Waals surface area (Å²) >= 11 is 0. The van der Waals surface area contributed by atoms with Gasteiger partial charge in [-0.3, -0.25) is 0 Å². The minimum Gasteiger partial charge on any atom is -0.497 e. The van der Waals surface area contributed by atoms with Gasteiger partial charge in [-0.15, -0.1) is 0 Å². The van der Waals surface area contributed by atoms with Gasteiger partial charge in [0.2, 0.25) is 0 Å². The Morgan fingerprint density at radius 3 is 1.44 bits per heavy atom. The molecular formula is C20H20O7. The van der Waals surface area contributed by atoms with Gasteiger partial charge < -0.3 is 23.7 Å². The Kier molecular flexibility index (Phi) is 5.93. The molecule has 27 heavy (non-hydrogen) atoms. The standard InChI is InChI=1S/C20H20O7/c1-23-15-7-3-13(4-8-15)11-25-19(21)17-18(27-17)20(22)26-12-14-5-9-16(24-2)10-6-14/h3-10,17-18H,11-12H2,1-2H3. The van der Waals surface area contributed by atoms with Crippen molar-refractivity contribution in [2.24, 2.45) is 0 Å². The van der Waals surface area contributed by atoms with Crippen LogP contribution in [-0.4, -0.2) is 38.4 Å². The van der Waals surface area contributed by atoms with Gasteiger partial charge in [0.25, 0.3) is 0 Å². The molecule has 0 amide bonds. The van der Waals surface area contributed by atoms with Crippen molar-refractivity contribution in [1.29, 1.82) is 0 Å². The summed E-state index contributed by atoms with van der Waals surface area (Å²) in [4.78, 5) is 23.9. The van der Waals surface area contributed by atoms with E-state index in [2.05, 4.69) is 0 Å². The fourth-order valence-electron chi connectivity index (χ4n) is 2.39. The van der Waals surface area contributed by atoms with Crippen LogP contribution in [-0.2, 0) is 37.0 Å². The maximum atomic E-state index is 12.0. The summed E-state index contributed by atoms with van der Waals surface area (Å²) < 4.78 is 25.6. The van der Waals surface area contributed by atoms with Gasteiger partial charge in [-0.2, -0.15) is 0 Å². The quantitative estimate of drug-likeness (QED) is 0.519. The highest BCUT2D eigenvalue weighted by atomic mass is 16.7. The molecule has 1 aliphatic rings. The van der Waals surface area contributed by atoms with Crippen molar-refractivity contribution in [3.63, 3.8) is 0 Å². The Labute approximate surface area is 156 Å². The lowest BCUT2D eigenvalue weighted by molar-refractivity contribution is -0.148. The number of rotatable bonds is 8. The van der Waals surface area contributed by atoms with E-state index in [-0.39, 0.29) is 13.2 Å². The van der Waals surface area contributed by atoms with Crippen molar-refractivity contribution in [3.05, 3.63) is 59.7 Å². The number of carbonyl (C=O) groups is 2. The number of benzene rings is 2. The summed E-state index contributed by atoms with van der Waals surface area (Å²) in [5.74, 6) is 0.264. The molecular weight excluding hydrogens is 352 g/mol. The number of methoxy groups -OCH3 is 2. The Bertz CT molecular complexity index is 715. The molecule has 0 bridgehead atoms. The minimum atomic E-state index is -0.911. The average molecular weight is 372 g/mol. The largest absolute Gasteiger partial charge is 0.497 e. The summed E-state index contributed by atoms with van der Waals surface area (Å²) in [5, 5.41) is 0. The Balaban J connectivity index is 1.40. The molecule has 7 heteroatoms. The molecule has 1 fully saturated rings. The third-order valence-electron chi connectivity index (χ3n) is 4.04. The fourth-order valence-corrected chi connectivity index (χ4v) is 2.39. The summed E-state index contributed by atoms with van der Waals surface area (Å²) in [6, 6.07) is 14.3. The van der Waals surface area contributed by atoms with Crippen LogP contribution >= 0.6 is 0 Å². The smallest absolute Gasteiger partial charge is 0.339 e. The highest BCUT2D eigenvalue weighted by molar-refractivity contribution is 5.89. The van der Waals surface area contributed by atoms with Crippen molar-refractivity contribution in [3.8, 4) is 11.5 Å². The summed E-state index contributed by atoms with van der Waals surface area (Å²) in [6.45, 7) is 0.187. The van der Waals surface area contributed by atoms with E-state index in [9.17, 15) is 9.59 Å². The number of hydrogen-bond acceptors (Lipinski definition) is 7. The SMILES string of the molecule is COc1ccc(COC(=O)C2OC2C(=O)OCc2ccc(OC)cc2)cc1. The van der Waals surface area contributed by atoms with Crippen LogP contribution in [0.4, 0.5) is 0 Å². The molecule has 2 unspecified atom stereocenters. The lowest BCUT2D eigenvalue weighted by Gasteiger charge is -2.05. The number of hydrogen-bond donors (Lipinski definition) is 0. The van der Waals surface area contributed by atoms with Gasteiger partial charge in [0.15, 0.2) is 12.2 Å². The lowest BCUT2D eigenvalue weighted by atomic mass is 10.2. The Morgan fingerprint density at radius 2 is 1.11 bits per heavy atom. The van der Waals surface area contributed by atoms with Crippen LogP contribution in [0.2, 0.25) is 0 Å². The minimum absolute atomic E-state index is 0.0936. The van der Waals surface area contributed by atoms with Gasteiger partial charge in [-0.05, 0) is 35.4 Å². The van der Waals surface area contributed by atoms with Crippen LogP contribution in [0, 0.1) is 0 Å². The highest BCUT2D eigenvalue weighted by Gasteiger charge is 2.52. The summed E-state index contributed by atoms with van der Waals surface area (Å²) in [7, 11) is 3.15. The predicted molar refractivity (Wildman–Crippen MR) is 94.2 cm³/mol. The van der Waals surface area contributed by atoms with Gasteiger partial charge in [0, 0.05) is 0 Å². The molecule has 3 rings (SSSR count). The van der Waals surface area contributed by atoms with E-state index < -0.39 is 24.1 Å². The maximum absolute atomic E-state index is 12.0. The van der Waals surface area contributed by atoms with E-state index >= 15 is 0 Å². The Morgan fingerprint density at radius 1 is 0.741 bits per heavy atom. The predicted octanol–water partition coefficient (Wildman–Crippen LogP) is 2.26. The fraction of sp³-hybridized carbons (Fsp3) is 0.300. The molecule has 2 aromatic carbocycles. The average Bonchev–Trinajstić information content (AvgIpc) is 3.52. The molecule has 1 heterocycles. The number of esters is 2. The van der Waals surface area contributed by atoms with Crippen molar-refractivity contribution in [2.45, 2.75) is 25.4 Å². The molecule has 0 aliphatic carbocycles. The van der Waals surface area contributed by atoms with E-state index in [1.807, 2.05) is 0 Å². The number of epoxide rings is 1. The topological polar surface area (TPSA) is 83.6 Å². The zero-order valence-electron chi connectivity index (χ0n) is 15.0. The second kappa shape index (κ2) is 8.55. The van der Waals surface area contributed by atoms with Crippen LogP contribution < -0.4 is 9.47 Å². The van der Waals surface area contributed by atoms with Crippen molar-refractivity contribution < 1.29 is 33.3 Å². The first kappa shape index (κ1) is 18.7. The summed E-state index contributed by atoms with van der Waals surface area (Å²) in [5.41, 5.74) is 1.62. The first-order chi connectivity index (χ1) is 13.1. The van der Waals surface area contributed by atoms with E-state index in [1.54, 1.807) is 62.8 Å². The van der Waals surface area contributed by atoms with Crippen LogP contribution in [0.3, 0.4) is 0 Å². The zero-order valence-corrected chi connectivity index (χ0v) is 15.0. The normalized spacial score (nSPS) is 17.7. The van der Waals surface area contributed by atoms with Gasteiger partial charge in [0.05, 0.1) is 14.2 Å². The number of ether oxygens (including phenoxy) is 5. The van der Waals surface area contributed by atoms with Gasteiger partial charge >= 0.3 is 11.9 Å². The molecule has 0 radical (unpaired) electrons. The van der Waals surface area contributed by atoms with Crippen LogP contribution in [0.5, 0.6) is 11.5 Å². The molecule has 7 nitrogen and oxygen atoms in total. The van der Waals surface area contributed by atoms with Gasteiger partial charge in [-0.1, -0.05) is 24.3 Å². The molecule has 0 N–H and O–H groups in total. The molecule has 0 aromatic heterocycles. The molecule has 0 saturated carbocycles. The molecule has 2 aromatic rings. The molecule has 2 atom stereocenters. The van der Waals surface area contributed by atoms with Crippen molar-refractivity contribution in [1.82, 2.24) is 0 Å². The van der Waals surface area contributed by atoms with Crippen LogP contribution in [0.1, 0.15) is 11.1 Å². The van der Waals surface area contributed by atoms with Gasteiger partial charge in [-0.25, -0.2) is 9.59 Å². The first-order valence-corrected chi connectivity index (χ1v) is 8.35. The molecule has 1 saturated heterocycles. The third-order valence-corrected chi connectivity index (χ3v) is 4.04. The van der Waals surface area contributed by atoms with Crippen LogP contribution in [0.15, 0.2) is 48.5 Å². The highest BCUT2D eigenvalue weighted by Crippen LogP contribution is 2.26. The van der Waals surface area contributed by atoms with E-state index in [0.717, 1.165) is 22.6 Å². The van der Waals surface area contributed by atoms with Crippen molar-refractivity contribution >= 4 is 11.9 Å². The maximum Gasteiger partial charge on any atom is 0.339 e. The third kappa shape index (κ3) is 4.98. The molecule has 0 spiro atoms. The zero-order chi connectivity index (χ0) is 19.2. The van der Waals surface area contributed by atoms with E-state index in [1.165, 1.54) is 0 Å². The molecule has 1 aliphatic heterocycles. The molecule has 142 valence electrons. The van der Waals surface area contributed by atoms with Gasteiger partial charge in [0.1, 0.15) is 24.7 Å². The number of carbonyl (C=O) groups excluding carboxylic acids is 2. The Hall–Kier alpha value is -3.06. The summed E-state index contributed by atoms with van der Waals surface area (Å²) in [6.07, 6.45) is -1.82. The second-order valence-electron chi connectivity index (χ2n) is 5.89. The van der Waals surface area contributed by atoms with E-state index in [4.69, 9.17) is 23.7 Å². The monoisotopic (exact) mass is 372 g/mol. The van der Waals surface area contributed by atoms with E-state index in [0.29, 0.717) is 0 Å². The second-order valence-corrected chi connectivity index (χ2v) is 5.89.